The maximum Gasteiger partial charge on any atom is 0.387 e. The van der Waals surface area contributed by atoms with Crippen LogP contribution in [0.25, 0.3) is 0 Å². The van der Waals surface area contributed by atoms with Crippen molar-refractivity contribution in [1.29, 1.82) is 0 Å². The summed E-state index contributed by atoms with van der Waals surface area (Å²) in [4.78, 5) is 23.7. The van der Waals surface area contributed by atoms with Crippen molar-refractivity contribution in [2.24, 2.45) is 0 Å². The first kappa shape index (κ1) is 17.9. The third kappa shape index (κ3) is 5.62. The van der Waals surface area contributed by atoms with Gasteiger partial charge >= 0.3 is 6.61 Å². The van der Waals surface area contributed by atoms with Crippen molar-refractivity contribution in [1.82, 2.24) is 5.32 Å². The summed E-state index contributed by atoms with van der Waals surface area (Å²) in [7, 11) is 0. The van der Waals surface area contributed by atoms with E-state index in [2.05, 4.69) is 31.3 Å². The maximum absolute atomic E-state index is 12.0. The SMILES string of the molecule is O=C(CNC(=O)c1ccc(OC(F)F)cc1)Nc1ccc(Br)cc1. The van der Waals surface area contributed by atoms with Crippen LogP contribution < -0.4 is 15.4 Å². The van der Waals surface area contributed by atoms with Crippen LogP contribution in [-0.2, 0) is 4.79 Å². The third-order valence-electron chi connectivity index (χ3n) is 2.88. The second-order valence-electron chi connectivity index (χ2n) is 4.64. The number of alkyl halides is 2. The average Bonchev–Trinajstić information content (AvgIpc) is 2.55. The zero-order chi connectivity index (χ0) is 17.5. The minimum Gasteiger partial charge on any atom is -0.435 e. The van der Waals surface area contributed by atoms with Crippen LogP contribution >= 0.6 is 15.9 Å². The van der Waals surface area contributed by atoms with E-state index < -0.39 is 12.5 Å². The normalized spacial score (nSPS) is 10.3. The van der Waals surface area contributed by atoms with Gasteiger partial charge in [0.05, 0.1) is 6.54 Å². The summed E-state index contributed by atoms with van der Waals surface area (Å²) < 4.78 is 29.2. The molecule has 0 aliphatic rings. The number of hydrogen-bond donors (Lipinski definition) is 2. The highest BCUT2D eigenvalue weighted by atomic mass is 79.9. The molecule has 2 rings (SSSR count). The van der Waals surface area contributed by atoms with Crippen LogP contribution in [0.1, 0.15) is 10.4 Å². The molecule has 0 unspecified atom stereocenters. The summed E-state index contributed by atoms with van der Waals surface area (Å²) in [6, 6.07) is 12.1. The van der Waals surface area contributed by atoms with Crippen molar-refractivity contribution in [3.63, 3.8) is 0 Å². The van der Waals surface area contributed by atoms with Crippen LogP contribution in [0.15, 0.2) is 53.0 Å². The highest BCUT2D eigenvalue weighted by Gasteiger charge is 2.10. The summed E-state index contributed by atoms with van der Waals surface area (Å²) >= 11 is 3.29. The van der Waals surface area contributed by atoms with Gasteiger partial charge in [0.2, 0.25) is 5.91 Å². The second-order valence-corrected chi connectivity index (χ2v) is 5.56. The fourth-order valence-electron chi connectivity index (χ4n) is 1.79. The van der Waals surface area contributed by atoms with E-state index in [1.807, 2.05) is 0 Å². The molecule has 2 amide bonds. The predicted octanol–water partition coefficient (Wildman–Crippen LogP) is 3.42. The number of carbonyl (C=O) groups excluding carboxylic acids is 2. The topological polar surface area (TPSA) is 67.4 Å². The molecule has 0 saturated heterocycles. The molecule has 2 aromatic carbocycles. The van der Waals surface area contributed by atoms with Crippen molar-refractivity contribution in [2.75, 3.05) is 11.9 Å². The van der Waals surface area contributed by atoms with Gasteiger partial charge in [0.1, 0.15) is 5.75 Å². The molecule has 0 atom stereocenters. The average molecular weight is 399 g/mol. The monoisotopic (exact) mass is 398 g/mol. The number of rotatable bonds is 6. The van der Waals surface area contributed by atoms with E-state index >= 15 is 0 Å². The number of amides is 2. The summed E-state index contributed by atoms with van der Waals surface area (Å²) in [5.74, 6) is -0.928. The van der Waals surface area contributed by atoms with Gasteiger partial charge in [-0.25, -0.2) is 0 Å². The Morgan fingerprint density at radius 1 is 1.04 bits per heavy atom. The first-order chi connectivity index (χ1) is 11.4. The lowest BCUT2D eigenvalue weighted by atomic mass is 10.2. The van der Waals surface area contributed by atoms with E-state index in [1.54, 1.807) is 24.3 Å². The lowest BCUT2D eigenvalue weighted by Gasteiger charge is -2.08. The molecular formula is C16H13BrF2N2O3. The lowest BCUT2D eigenvalue weighted by molar-refractivity contribution is -0.115. The molecule has 2 N–H and O–H groups in total. The fourth-order valence-corrected chi connectivity index (χ4v) is 2.05. The Bertz CT molecular complexity index is 706. The highest BCUT2D eigenvalue weighted by molar-refractivity contribution is 9.10. The smallest absolute Gasteiger partial charge is 0.387 e. The van der Waals surface area contributed by atoms with Gasteiger partial charge in [-0.05, 0) is 48.5 Å². The van der Waals surface area contributed by atoms with Gasteiger partial charge in [-0.1, -0.05) is 15.9 Å². The third-order valence-corrected chi connectivity index (χ3v) is 3.41. The Balaban J connectivity index is 1.83. The zero-order valence-corrected chi connectivity index (χ0v) is 13.8. The maximum atomic E-state index is 12.0. The second kappa shape index (κ2) is 8.39. The Kier molecular flexibility index (Phi) is 6.25. The quantitative estimate of drug-likeness (QED) is 0.783. The molecule has 2 aromatic rings. The molecular weight excluding hydrogens is 386 g/mol. The zero-order valence-electron chi connectivity index (χ0n) is 12.3. The van der Waals surface area contributed by atoms with Gasteiger partial charge in [-0.2, -0.15) is 8.78 Å². The lowest BCUT2D eigenvalue weighted by Crippen LogP contribution is -2.32. The van der Waals surface area contributed by atoms with Gasteiger partial charge in [-0.15, -0.1) is 0 Å². The Morgan fingerprint density at radius 2 is 1.67 bits per heavy atom. The van der Waals surface area contributed by atoms with E-state index in [0.717, 1.165) is 4.47 Å². The van der Waals surface area contributed by atoms with Crippen molar-refractivity contribution in [3.8, 4) is 5.75 Å². The van der Waals surface area contributed by atoms with Gasteiger partial charge < -0.3 is 15.4 Å². The van der Waals surface area contributed by atoms with Gasteiger partial charge in [0.15, 0.2) is 0 Å². The van der Waals surface area contributed by atoms with Crippen LogP contribution in [-0.4, -0.2) is 25.0 Å². The van der Waals surface area contributed by atoms with Crippen LogP contribution in [0.5, 0.6) is 5.75 Å². The number of nitrogens with one attached hydrogen (secondary N) is 2. The van der Waals surface area contributed by atoms with Crippen molar-refractivity contribution in [3.05, 3.63) is 58.6 Å². The predicted molar refractivity (Wildman–Crippen MR) is 88.2 cm³/mol. The fraction of sp³-hybridized carbons (Fsp3) is 0.125. The van der Waals surface area contributed by atoms with Crippen LogP contribution in [0.3, 0.4) is 0 Å². The summed E-state index contributed by atoms with van der Waals surface area (Å²) in [5, 5.41) is 5.07. The largest absolute Gasteiger partial charge is 0.435 e. The first-order valence-electron chi connectivity index (χ1n) is 6.82. The molecule has 8 heteroatoms. The molecule has 0 fully saturated rings. The highest BCUT2D eigenvalue weighted by Crippen LogP contribution is 2.15. The number of ether oxygens (including phenoxy) is 1. The molecule has 0 aliphatic carbocycles. The van der Waals surface area contributed by atoms with Crippen molar-refractivity contribution in [2.45, 2.75) is 6.61 Å². The summed E-state index contributed by atoms with van der Waals surface area (Å²) in [6.45, 7) is -3.14. The van der Waals surface area contributed by atoms with E-state index in [9.17, 15) is 18.4 Å². The molecule has 0 aliphatic heterocycles. The first-order valence-corrected chi connectivity index (χ1v) is 7.62. The van der Waals surface area contributed by atoms with Gasteiger partial charge in [-0.3, -0.25) is 9.59 Å². The van der Waals surface area contributed by atoms with Crippen molar-refractivity contribution >= 4 is 33.4 Å². The number of halogens is 3. The van der Waals surface area contributed by atoms with E-state index in [4.69, 9.17) is 0 Å². The van der Waals surface area contributed by atoms with Crippen molar-refractivity contribution < 1.29 is 23.1 Å². The molecule has 0 spiro atoms. The molecule has 0 aromatic heterocycles. The molecule has 0 heterocycles. The standard InChI is InChI=1S/C16H13BrF2N2O3/c17-11-3-5-12(6-4-11)21-14(22)9-20-15(23)10-1-7-13(8-2-10)24-16(18)19/h1-8,16H,9H2,(H,20,23)(H,21,22). The Labute approximate surface area is 145 Å². The van der Waals surface area contributed by atoms with Crippen LogP contribution in [0.4, 0.5) is 14.5 Å². The van der Waals surface area contributed by atoms with E-state index in [-0.39, 0.29) is 23.8 Å². The molecule has 0 saturated carbocycles. The summed E-state index contributed by atoms with van der Waals surface area (Å²) in [5.41, 5.74) is 0.832. The minimum absolute atomic E-state index is 0.0467. The molecule has 0 radical (unpaired) electrons. The summed E-state index contributed by atoms with van der Waals surface area (Å²) in [6.07, 6.45) is 0. The molecule has 0 bridgehead atoms. The number of carbonyl (C=O) groups is 2. The Morgan fingerprint density at radius 3 is 2.25 bits per heavy atom. The molecule has 126 valence electrons. The molecule has 5 nitrogen and oxygen atoms in total. The number of hydrogen-bond acceptors (Lipinski definition) is 3. The van der Waals surface area contributed by atoms with Crippen LogP contribution in [0, 0.1) is 0 Å². The van der Waals surface area contributed by atoms with E-state index in [1.165, 1.54) is 24.3 Å². The van der Waals surface area contributed by atoms with Gasteiger partial charge in [0.25, 0.3) is 5.91 Å². The minimum atomic E-state index is -2.92. The van der Waals surface area contributed by atoms with Gasteiger partial charge in [0, 0.05) is 15.7 Å². The molecule has 24 heavy (non-hydrogen) atoms. The Hall–Kier alpha value is -2.48. The van der Waals surface area contributed by atoms with Crippen LogP contribution in [0.2, 0.25) is 0 Å². The van der Waals surface area contributed by atoms with E-state index in [0.29, 0.717) is 5.69 Å². The number of anilines is 1. The number of benzene rings is 2.